The third kappa shape index (κ3) is 5.83. The average Bonchev–Trinajstić information content (AvgIpc) is 2.26. The van der Waals surface area contributed by atoms with Gasteiger partial charge in [-0.15, -0.1) is 0 Å². The summed E-state index contributed by atoms with van der Waals surface area (Å²) in [5.41, 5.74) is 2.09. The highest BCUT2D eigenvalue weighted by Crippen LogP contribution is 2.18. The summed E-state index contributed by atoms with van der Waals surface area (Å²) in [6.07, 6.45) is 1.37. The molecule has 0 saturated carbocycles. The molecule has 1 amide bonds. The van der Waals surface area contributed by atoms with Gasteiger partial charge in [0.25, 0.3) is 0 Å². The zero-order valence-electron chi connectivity index (χ0n) is 12.0. The van der Waals surface area contributed by atoms with E-state index in [1.54, 1.807) is 0 Å². The fraction of sp³-hybridized carbons (Fsp3) is 0.467. The van der Waals surface area contributed by atoms with Crippen LogP contribution in [0.4, 0.5) is 5.69 Å². The average molecular weight is 278 g/mol. The second-order valence-corrected chi connectivity index (χ2v) is 6.16. The first-order valence-corrected chi connectivity index (χ1v) is 6.91. The van der Waals surface area contributed by atoms with Crippen molar-refractivity contribution in [3.8, 4) is 0 Å². The van der Waals surface area contributed by atoms with Crippen LogP contribution >= 0.6 is 12.2 Å². The van der Waals surface area contributed by atoms with Gasteiger partial charge in [-0.05, 0) is 35.7 Å². The number of carbonyl (C=O) groups is 1. The summed E-state index contributed by atoms with van der Waals surface area (Å²) in [7, 11) is 0. The maximum atomic E-state index is 11.8. The van der Waals surface area contributed by atoms with Crippen molar-refractivity contribution in [3.63, 3.8) is 0 Å². The van der Waals surface area contributed by atoms with Crippen LogP contribution in [0.15, 0.2) is 24.3 Å². The van der Waals surface area contributed by atoms with Crippen molar-refractivity contribution in [2.24, 2.45) is 5.41 Å². The summed E-state index contributed by atoms with van der Waals surface area (Å²) in [6.45, 7) is 8.15. The minimum atomic E-state index is -0.0565. The molecule has 19 heavy (non-hydrogen) atoms. The van der Waals surface area contributed by atoms with Crippen LogP contribution in [0.1, 0.15) is 39.7 Å². The lowest BCUT2D eigenvalue weighted by molar-refractivity contribution is -0.121. The van der Waals surface area contributed by atoms with E-state index >= 15 is 0 Å². The third-order valence-electron chi connectivity index (χ3n) is 2.59. The molecule has 1 aromatic carbocycles. The van der Waals surface area contributed by atoms with Gasteiger partial charge in [-0.2, -0.15) is 0 Å². The van der Waals surface area contributed by atoms with Gasteiger partial charge in [0.2, 0.25) is 5.91 Å². The molecule has 0 atom stereocenters. The number of rotatable bonds is 3. The summed E-state index contributed by atoms with van der Waals surface area (Å²) in [5.74, 6) is -0.0565. The van der Waals surface area contributed by atoms with Gasteiger partial charge in [-0.25, -0.2) is 0 Å². The van der Waals surface area contributed by atoms with E-state index in [1.807, 2.05) is 45.0 Å². The molecule has 0 heterocycles. The minimum Gasteiger partial charge on any atom is -0.332 e. The van der Waals surface area contributed by atoms with Gasteiger partial charge in [0, 0.05) is 12.1 Å². The predicted octanol–water partition coefficient (Wildman–Crippen LogP) is 3.50. The van der Waals surface area contributed by atoms with E-state index in [-0.39, 0.29) is 11.3 Å². The molecule has 0 aromatic heterocycles. The van der Waals surface area contributed by atoms with Crippen molar-refractivity contribution in [1.29, 1.82) is 0 Å². The number of amides is 1. The van der Waals surface area contributed by atoms with Gasteiger partial charge in [0.05, 0.1) is 0 Å². The number of thiocarbonyl (C=S) groups is 1. The van der Waals surface area contributed by atoms with Crippen LogP contribution in [-0.4, -0.2) is 11.0 Å². The fourth-order valence-corrected chi connectivity index (χ4v) is 1.98. The molecule has 1 aromatic rings. The van der Waals surface area contributed by atoms with E-state index in [2.05, 4.69) is 17.6 Å². The summed E-state index contributed by atoms with van der Waals surface area (Å²) in [4.78, 5) is 11.8. The standard InChI is InChI=1S/C15H22N2OS/c1-5-11-8-6-7-9-12(11)16-14(19)17-13(18)10-15(2,3)4/h6-9H,5,10H2,1-4H3,(H2,16,17,18,19). The molecule has 0 aliphatic heterocycles. The van der Waals surface area contributed by atoms with Crippen molar-refractivity contribution in [1.82, 2.24) is 5.32 Å². The van der Waals surface area contributed by atoms with Crippen LogP contribution < -0.4 is 10.6 Å². The van der Waals surface area contributed by atoms with Gasteiger partial charge in [-0.3, -0.25) is 4.79 Å². The van der Waals surface area contributed by atoms with E-state index in [4.69, 9.17) is 12.2 Å². The van der Waals surface area contributed by atoms with Crippen LogP contribution in [0.2, 0.25) is 0 Å². The Hall–Kier alpha value is -1.42. The number of aryl methyl sites for hydroxylation is 1. The van der Waals surface area contributed by atoms with Crippen molar-refractivity contribution < 1.29 is 4.79 Å². The van der Waals surface area contributed by atoms with Crippen LogP contribution in [0.25, 0.3) is 0 Å². The second kappa shape index (κ2) is 6.66. The van der Waals surface area contributed by atoms with Gasteiger partial charge < -0.3 is 10.6 Å². The molecule has 3 nitrogen and oxygen atoms in total. The maximum Gasteiger partial charge on any atom is 0.226 e. The zero-order valence-corrected chi connectivity index (χ0v) is 12.9. The summed E-state index contributed by atoms with van der Waals surface area (Å²) in [6, 6.07) is 7.94. The van der Waals surface area contributed by atoms with Crippen LogP contribution in [-0.2, 0) is 11.2 Å². The molecule has 1 rings (SSSR count). The molecule has 0 aliphatic carbocycles. The molecule has 0 saturated heterocycles. The molecule has 0 fully saturated rings. The summed E-state index contributed by atoms with van der Waals surface area (Å²) < 4.78 is 0. The van der Waals surface area contributed by atoms with E-state index < -0.39 is 0 Å². The number of hydrogen-bond acceptors (Lipinski definition) is 2. The quantitative estimate of drug-likeness (QED) is 0.832. The molecule has 4 heteroatoms. The molecule has 0 radical (unpaired) electrons. The lowest BCUT2D eigenvalue weighted by Gasteiger charge is -2.18. The maximum absolute atomic E-state index is 11.8. The molecule has 0 bridgehead atoms. The molecule has 104 valence electrons. The highest BCUT2D eigenvalue weighted by Gasteiger charge is 2.16. The van der Waals surface area contributed by atoms with Crippen LogP contribution in [0, 0.1) is 5.41 Å². The first-order chi connectivity index (χ1) is 8.81. The third-order valence-corrected chi connectivity index (χ3v) is 2.79. The minimum absolute atomic E-state index is 0.0407. The van der Waals surface area contributed by atoms with Gasteiger partial charge in [0.15, 0.2) is 5.11 Å². The van der Waals surface area contributed by atoms with E-state index in [0.717, 1.165) is 12.1 Å². The number of benzene rings is 1. The Kier molecular flexibility index (Phi) is 5.48. The van der Waals surface area contributed by atoms with Crippen molar-refractivity contribution >= 4 is 28.9 Å². The Morgan fingerprint density at radius 1 is 1.26 bits per heavy atom. The van der Waals surface area contributed by atoms with Gasteiger partial charge >= 0.3 is 0 Å². The first kappa shape index (κ1) is 15.6. The summed E-state index contributed by atoms with van der Waals surface area (Å²) in [5, 5.41) is 6.15. The Labute approximate surface area is 120 Å². The summed E-state index contributed by atoms with van der Waals surface area (Å²) >= 11 is 5.17. The largest absolute Gasteiger partial charge is 0.332 e. The van der Waals surface area contributed by atoms with Gasteiger partial charge in [0.1, 0.15) is 0 Å². The van der Waals surface area contributed by atoms with Gasteiger partial charge in [-0.1, -0.05) is 45.9 Å². The highest BCUT2D eigenvalue weighted by molar-refractivity contribution is 7.80. The smallest absolute Gasteiger partial charge is 0.226 e. The van der Waals surface area contributed by atoms with Crippen LogP contribution in [0.5, 0.6) is 0 Å². The Morgan fingerprint density at radius 2 is 1.89 bits per heavy atom. The monoisotopic (exact) mass is 278 g/mol. The van der Waals surface area contributed by atoms with Crippen LogP contribution in [0.3, 0.4) is 0 Å². The number of nitrogens with one attached hydrogen (secondary N) is 2. The Bertz CT molecular complexity index is 463. The Balaban J connectivity index is 2.58. The fourth-order valence-electron chi connectivity index (χ4n) is 1.76. The highest BCUT2D eigenvalue weighted by atomic mass is 32.1. The lowest BCUT2D eigenvalue weighted by atomic mass is 9.92. The molecule has 2 N–H and O–H groups in total. The SMILES string of the molecule is CCc1ccccc1NC(=S)NC(=O)CC(C)(C)C. The normalized spacial score (nSPS) is 10.9. The second-order valence-electron chi connectivity index (χ2n) is 5.75. The number of hydrogen-bond donors (Lipinski definition) is 2. The zero-order chi connectivity index (χ0) is 14.5. The number of carbonyl (C=O) groups excluding carboxylic acids is 1. The van der Waals surface area contributed by atoms with E-state index in [9.17, 15) is 4.79 Å². The van der Waals surface area contributed by atoms with Crippen molar-refractivity contribution in [3.05, 3.63) is 29.8 Å². The molecule has 0 unspecified atom stereocenters. The molecule has 0 spiro atoms. The van der Waals surface area contributed by atoms with Crippen molar-refractivity contribution in [2.75, 3.05) is 5.32 Å². The number of anilines is 1. The predicted molar refractivity (Wildman–Crippen MR) is 84.3 cm³/mol. The van der Waals surface area contributed by atoms with E-state index in [1.165, 1.54) is 5.56 Å². The van der Waals surface area contributed by atoms with E-state index in [0.29, 0.717) is 11.5 Å². The molecular weight excluding hydrogens is 256 g/mol. The first-order valence-electron chi connectivity index (χ1n) is 6.50. The molecule has 0 aliphatic rings. The molecular formula is C15H22N2OS. The lowest BCUT2D eigenvalue weighted by Crippen LogP contribution is -2.36. The Morgan fingerprint density at radius 3 is 2.47 bits per heavy atom. The topological polar surface area (TPSA) is 41.1 Å². The number of para-hydroxylation sites is 1. The van der Waals surface area contributed by atoms with Crippen molar-refractivity contribution in [2.45, 2.75) is 40.5 Å².